The molecule has 5 aromatic rings. The number of nitrogens with one attached hydrogen (secondary N) is 1. The number of tetrazole rings is 1. The molecule has 4 aromatic heterocycles. The van der Waals surface area contributed by atoms with Gasteiger partial charge in [-0.2, -0.15) is 0 Å². The van der Waals surface area contributed by atoms with Crippen molar-refractivity contribution in [2.24, 2.45) is 0 Å². The van der Waals surface area contributed by atoms with E-state index in [1.54, 1.807) is 41.7 Å². The normalized spacial score (nSPS) is 19.1. The van der Waals surface area contributed by atoms with E-state index in [4.69, 9.17) is 35.9 Å². The first kappa shape index (κ1) is 31.8. The summed E-state index contributed by atoms with van der Waals surface area (Å²) in [4.78, 5) is 20.5. The van der Waals surface area contributed by atoms with Crippen LogP contribution in [0.1, 0.15) is 44.5 Å². The molecular weight excluding hydrogens is 636 g/mol. The molecule has 7 rings (SSSR count). The van der Waals surface area contributed by atoms with E-state index in [-0.39, 0.29) is 18.8 Å². The number of ether oxygens (including phenoxy) is 3. The van der Waals surface area contributed by atoms with E-state index in [2.05, 4.69) is 40.7 Å². The zero-order valence-electron chi connectivity index (χ0n) is 26.6. The maximum absolute atomic E-state index is 6.50. The van der Waals surface area contributed by atoms with Crippen LogP contribution in [-0.4, -0.2) is 93.3 Å². The zero-order valence-corrected chi connectivity index (χ0v) is 27.4. The van der Waals surface area contributed by atoms with Gasteiger partial charge in [-0.25, -0.2) is 24.6 Å². The zero-order chi connectivity index (χ0) is 32.7. The molecule has 0 bridgehead atoms. The van der Waals surface area contributed by atoms with Crippen LogP contribution in [0.5, 0.6) is 11.6 Å². The Bertz CT molecular complexity index is 1760. The number of hydrogen-bond acceptors (Lipinski definition) is 13. The fourth-order valence-electron chi connectivity index (χ4n) is 6.16. The van der Waals surface area contributed by atoms with E-state index >= 15 is 0 Å². The van der Waals surface area contributed by atoms with Gasteiger partial charge < -0.3 is 19.5 Å². The van der Waals surface area contributed by atoms with Gasteiger partial charge in [-0.05, 0) is 67.3 Å². The Kier molecular flexibility index (Phi) is 9.96. The van der Waals surface area contributed by atoms with E-state index < -0.39 is 0 Å². The number of morpholine rings is 1. The van der Waals surface area contributed by atoms with E-state index in [1.807, 2.05) is 36.0 Å². The summed E-state index contributed by atoms with van der Waals surface area (Å²) < 4.78 is 21.5. The van der Waals surface area contributed by atoms with Crippen molar-refractivity contribution in [1.82, 2.24) is 54.8 Å². The molecule has 1 N–H and O–H groups in total. The Morgan fingerprint density at radius 1 is 1.02 bits per heavy atom. The van der Waals surface area contributed by atoms with Crippen LogP contribution in [0.15, 0.2) is 61.4 Å². The molecule has 0 amide bonds. The summed E-state index contributed by atoms with van der Waals surface area (Å²) in [6.45, 7) is 6.23. The fourth-order valence-corrected chi connectivity index (χ4v) is 6.32. The van der Waals surface area contributed by atoms with Crippen LogP contribution in [0.3, 0.4) is 0 Å². The van der Waals surface area contributed by atoms with Gasteiger partial charge in [0.25, 0.3) is 5.88 Å². The lowest BCUT2D eigenvalue weighted by Gasteiger charge is -2.38. The lowest BCUT2D eigenvalue weighted by Crippen LogP contribution is -2.45. The first-order chi connectivity index (χ1) is 23.6. The molecule has 1 atom stereocenters. The number of halogens is 1. The molecule has 250 valence electrons. The Morgan fingerprint density at radius 3 is 2.62 bits per heavy atom. The lowest BCUT2D eigenvalue weighted by molar-refractivity contribution is 0.00502. The highest BCUT2D eigenvalue weighted by Gasteiger charge is 2.29. The summed E-state index contributed by atoms with van der Waals surface area (Å²) in [5.41, 5.74) is 2.17. The topological polar surface area (TPSA) is 156 Å². The molecule has 0 radical (unpaired) electrons. The van der Waals surface area contributed by atoms with Gasteiger partial charge in [-0.3, -0.25) is 9.58 Å². The van der Waals surface area contributed by atoms with Crippen LogP contribution in [0.2, 0.25) is 5.02 Å². The quantitative estimate of drug-likeness (QED) is 0.199. The highest BCUT2D eigenvalue weighted by atomic mass is 35.5. The third kappa shape index (κ3) is 7.86. The van der Waals surface area contributed by atoms with Crippen LogP contribution in [0, 0.1) is 0 Å². The number of anilines is 2. The maximum Gasteiger partial charge on any atom is 0.257 e. The molecule has 5 heterocycles. The Morgan fingerprint density at radius 2 is 1.83 bits per heavy atom. The first-order valence-corrected chi connectivity index (χ1v) is 16.5. The fraction of sp³-hybridized carbons (Fsp3) is 0.438. The van der Waals surface area contributed by atoms with Crippen molar-refractivity contribution in [2.75, 3.05) is 31.6 Å². The van der Waals surface area contributed by atoms with Crippen LogP contribution >= 0.6 is 11.6 Å². The van der Waals surface area contributed by atoms with E-state index in [9.17, 15) is 0 Å². The number of nitrogens with zero attached hydrogens (tertiary/aromatic N) is 11. The molecule has 48 heavy (non-hydrogen) atoms. The smallest absolute Gasteiger partial charge is 0.257 e. The number of benzene rings is 1. The average molecular weight is 673 g/mol. The van der Waals surface area contributed by atoms with Crippen molar-refractivity contribution in [3.63, 3.8) is 0 Å². The molecule has 1 saturated heterocycles. The van der Waals surface area contributed by atoms with Gasteiger partial charge in [-0.15, -0.1) is 10.2 Å². The molecule has 2 aliphatic rings. The van der Waals surface area contributed by atoms with Gasteiger partial charge in [-0.1, -0.05) is 17.7 Å². The molecule has 1 aromatic carbocycles. The van der Waals surface area contributed by atoms with E-state index in [1.165, 1.54) is 0 Å². The standard InChI is InChI=1S/C32H37ClN12O3/c1-22(18-44-21-37-41-42-44)48-29-17-23(3-8-26(29)33)27-9-12-36-32(38-27)39-28-19-45(40-31(28)47-20-30-34-10-2-11-35-30)25-6-4-24(5-7-25)43-13-15-46-16-14-43/h2-3,8-12,17,19,21-22,24-25H,4-7,13-16,18,20H2,1H3,(H,36,38,39)/t22-,24?,25?/m0/s1. The largest absolute Gasteiger partial charge is 0.487 e. The SMILES string of the molecule is C[C@@H](Cn1cnnn1)Oc1cc(-c2ccnc(Nc3cn(C4CCC(N5CCOCC5)CC4)nc3OCc3ncccn3)n2)ccc1Cl. The van der Waals surface area contributed by atoms with Crippen molar-refractivity contribution in [3.05, 3.63) is 72.3 Å². The second kappa shape index (κ2) is 15.0. The number of rotatable bonds is 12. The van der Waals surface area contributed by atoms with Crippen molar-refractivity contribution >= 4 is 23.2 Å². The summed E-state index contributed by atoms with van der Waals surface area (Å²) in [6, 6.07) is 10.0. The third-order valence-electron chi connectivity index (χ3n) is 8.55. The lowest BCUT2D eigenvalue weighted by atomic mass is 9.90. The van der Waals surface area contributed by atoms with Gasteiger partial charge in [0.15, 0.2) is 5.82 Å². The second-order valence-electron chi connectivity index (χ2n) is 11.9. The second-order valence-corrected chi connectivity index (χ2v) is 12.3. The maximum atomic E-state index is 6.50. The van der Waals surface area contributed by atoms with Crippen LogP contribution in [-0.2, 0) is 17.9 Å². The first-order valence-electron chi connectivity index (χ1n) is 16.1. The monoisotopic (exact) mass is 672 g/mol. The summed E-state index contributed by atoms with van der Waals surface area (Å²) in [6.07, 6.45) is 12.7. The van der Waals surface area contributed by atoms with Crippen LogP contribution in [0.25, 0.3) is 11.3 Å². The molecule has 0 unspecified atom stereocenters. The number of hydrogen-bond donors (Lipinski definition) is 1. The van der Waals surface area contributed by atoms with Crippen molar-refractivity contribution in [2.45, 2.75) is 63.9 Å². The summed E-state index contributed by atoms with van der Waals surface area (Å²) in [5, 5.41) is 20.0. The van der Waals surface area contributed by atoms with Crippen LogP contribution < -0.4 is 14.8 Å². The van der Waals surface area contributed by atoms with Crippen molar-refractivity contribution < 1.29 is 14.2 Å². The summed E-state index contributed by atoms with van der Waals surface area (Å²) in [5.74, 6) is 1.93. The third-order valence-corrected chi connectivity index (χ3v) is 8.86. The Hall–Kier alpha value is -4.73. The molecule has 2 fully saturated rings. The minimum Gasteiger partial charge on any atom is -0.487 e. The van der Waals surface area contributed by atoms with E-state index in [0.717, 1.165) is 57.6 Å². The predicted octanol–water partition coefficient (Wildman–Crippen LogP) is 4.38. The van der Waals surface area contributed by atoms with Gasteiger partial charge in [0.1, 0.15) is 30.5 Å². The molecule has 0 spiro atoms. The highest BCUT2D eigenvalue weighted by Crippen LogP contribution is 2.35. The molecule has 15 nitrogen and oxygen atoms in total. The average Bonchev–Trinajstić information content (AvgIpc) is 3.79. The van der Waals surface area contributed by atoms with Crippen LogP contribution in [0.4, 0.5) is 11.6 Å². The summed E-state index contributed by atoms with van der Waals surface area (Å²) in [7, 11) is 0. The minimum atomic E-state index is -0.227. The highest BCUT2D eigenvalue weighted by molar-refractivity contribution is 6.32. The Balaban J connectivity index is 1.08. The minimum absolute atomic E-state index is 0.177. The van der Waals surface area contributed by atoms with Gasteiger partial charge in [0.05, 0.1) is 42.7 Å². The molecule has 1 saturated carbocycles. The van der Waals surface area contributed by atoms with Gasteiger partial charge in [0.2, 0.25) is 5.95 Å². The molecule has 1 aliphatic carbocycles. The molecule has 1 aliphatic heterocycles. The summed E-state index contributed by atoms with van der Waals surface area (Å²) >= 11 is 6.50. The molecular formula is C32H37ClN12O3. The van der Waals surface area contributed by atoms with Crippen molar-refractivity contribution in [3.8, 4) is 22.9 Å². The molecule has 16 heteroatoms. The number of aromatic nitrogens is 10. The van der Waals surface area contributed by atoms with Crippen molar-refractivity contribution in [1.29, 1.82) is 0 Å². The Labute approximate surface area is 282 Å². The predicted molar refractivity (Wildman–Crippen MR) is 176 cm³/mol. The van der Waals surface area contributed by atoms with Gasteiger partial charge in [0, 0.05) is 43.3 Å². The van der Waals surface area contributed by atoms with E-state index in [0.29, 0.717) is 52.4 Å². The van der Waals surface area contributed by atoms with Gasteiger partial charge >= 0.3 is 0 Å².